The van der Waals surface area contributed by atoms with Gasteiger partial charge in [0.25, 0.3) is 0 Å². The lowest BCUT2D eigenvalue weighted by atomic mass is 10.2. The third-order valence-electron chi connectivity index (χ3n) is 2.84. The highest BCUT2D eigenvalue weighted by Gasteiger charge is 2.08. The first-order chi connectivity index (χ1) is 9.79. The van der Waals surface area contributed by atoms with Crippen LogP contribution in [-0.2, 0) is 16.0 Å². The van der Waals surface area contributed by atoms with E-state index in [1.807, 2.05) is 18.2 Å². The molecule has 0 bridgehead atoms. The fourth-order valence-corrected chi connectivity index (χ4v) is 2.02. The van der Waals surface area contributed by atoms with Gasteiger partial charge < -0.3 is 19.5 Å². The van der Waals surface area contributed by atoms with E-state index in [2.05, 4.69) is 5.32 Å². The van der Waals surface area contributed by atoms with Crippen LogP contribution in [0.2, 0.25) is 5.02 Å². The molecule has 1 aromatic rings. The molecule has 0 fully saturated rings. The van der Waals surface area contributed by atoms with Gasteiger partial charge in [-0.3, -0.25) is 0 Å². The van der Waals surface area contributed by atoms with Gasteiger partial charge in [-0.1, -0.05) is 23.7 Å². The summed E-state index contributed by atoms with van der Waals surface area (Å²) in [6, 6.07) is 5.81. The van der Waals surface area contributed by atoms with Crippen LogP contribution in [0.3, 0.4) is 0 Å². The van der Waals surface area contributed by atoms with Crippen LogP contribution >= 0.6 is 11.6 Å². The zero-order valence-corrected chi connectivity index (χ0v) is 13.0. The Labute approximate surface area is 126 Å². The van der Waals surface area contributed by atoms with Crippen LogP contribution in [0.1, 0.15) is 18.4 Å². The van der Waals surface area contributed by atoms with Crippen molar-refractivity contribution in [2.24, 2.45) is 0 Å². The topological polar surface area (TPSA) is 39.7 Å². The van der Waals surface area contributed by atoms with Crippen LogP contribution in [0.15, 0.2) is 18.2 Å². The average molecular weight is 302 g/mol. The number of unbranched alkanes of at least 4 members (excludes halogenated alkanes) is 1. The van der Waals surface area contributed by atoms with E-state index in [-0.39, 0.29) is 0 Å². The minimum Gasteiger partial charge on any atom is -0.492 e. The van der Waals surface area contributed by atoms with Crippen molar-refractivity contribution in [3.63, 3.8) is 0 Å². The van der Waals surface area contributed by atoms with Crippen LogP contribution in [0, 0.1) is 0 Å². The third kappa shape index (κ3) is 6.57. The fraction of sp³-hybridized carbons (Fsp3) is 0.600. The maximum Gasteiger partial charge on any atom is 0.142 e. The van der Waals surface area contributed by atoms with Gasteiger partial charge in [0.15, 0.2) is 0 Å². The molecule has 0 aliphatic heterocycles. The monoisotopic (exact) mass is 301 g/mol. The quantitative estimate of drug-likeness (QED) is 0.638. The molecule has 0 aliphatic rings. The number of rotatable bonds is 11. The Kier molecular flexibility index (Phi) is 9.41. The molecule has 0 spiro atoms. The predicted octanol–water partition coefficient (Wildman–Crippen LogP) is 2.88. The number of halogens is 1. The van der Waals surface area contributed by atoms with Crippen molar-refractivity contribution in [2.75, 3.05) is 40.6 Å². The number of benzene rings is 1. The maximum atomic E-state index is 6.21. The van der Waals surface area contributed by atoms with Crippen molar-refractivity contribution >= 4 is 11.6 Å². The summed E-state index contributed by atoms with van der Waals surface area (Å²) >= 11 is 6.21. The molecule has 4 nitrogen and oxygen atoms in total. The highest BCUT2D eigenvalue weighted by Crippen LogP contribution is 2.28. The molecule has 0 saturated heterocycles. The smallest absolute Gasteiger partial charge is 0.142 e. The van der Waals surface area contributed by atoms with Gasteiger partial charge in [0.2, 0.25) is 0 Å². The van der Waals surface area contributed by atoms with Gasteiger partial charge in [0.05, 0.1) is 18.2 Å². The molecule has 0 aliphatic carbocycles. The molecule has 1 rings (SSSR count). The lowest BCUT2D eigenvalue weighted by Crippen LogP contribution is -2.19. The normalized spacial score (nSPS) is 10.8. The van der Waals surface area contributed by atoms with Crippen molar-refractivity contribution in [3.8, 4) is 5.75 Å². The molecule has 20 heavy (non-hydrogen) atoms. The second kappa shape index (κ2) is 10.9. The summed E-state index contributed by atoms with van der Waals surface area (Å²) in [7, 11) is 3.40. The van der Waals surface area contributed by atoms with Crippen molar-refractivity contribution in [3.05, 3.63) is 28.8 Å². The molecule has 0 atom stereocenters. The van der Waals surface area contributed by atoms with E-state index in [4.69, 9.17) is 25.8 Å². The maximum absolute atomic E-state index is 6.21. The standard InChI is InChI=1S/C15H24ClNO3/c1-18-9-3-4-10-20-15-13(6-5-7-14(15)16)12-17-8-11-19-2/h5-7,17H,3-4,8-12H2,1-2H3. The van der Waals surface area contributed by atoms with E-state index in [0.29, 0.717) is 18.2 Å². The van der Waals surface area contributed by atoms with E-state index < -0.39 is 0 Å². The first-order valence-electron chi connectivity index (χ1n) is 6.88. The third-order valence-corrected chi connectivity index (χ3v) is 3.13. The van der Waals surface area contributed by atoms with Crippen LogP contribution in [0.5, 0.6) is 5.75 Å². The minimum absolute atomic E-state index is 0.651. The first-order valence-corrected chi connectivity index (χ1v) is 7.26. The Hall–Kier alpha value is -0.810. The molecular weight excluding hydrogens is 278 g/mol. The van der Waals surface area contributed by atoms with Crippen LogP contribution < -0.4 is 10.1 Å². The van der Waals surface area contributed by atoms with Gasteiger partial charge in [-0.25, -0.2) is 0 Å². The average Bonchev–Trinajstić information content (AvgIpc) is 2.45. The highest BCUT2D eigenvalue weighted by atomic mass is 35.5. The predicted molar refractivity (Wildman–Crippen MR) is 81.6 cm³/mol. The molecule has 0 unspecified atom stereocenters. The first kappa shape index (κ1) is 17.2. The molecule has 0 saturated carbocycles. The van der Waals surface area contributed by atoms with Gasteiger partial charge in [0.1, 0.15) is 5.75 Å². The Morgan fingerprint density at radius 2 is 1.80 bits per heavy atom. The Morgan fingerprint density at radius 3 is 2.55 bits per heavy atom. The highest BCUT2D eigenvalue weighted by molar-refractivity contribution is 6.32. The summed E-state index contributed by atoms with van der Waals surface area (Å²) in [5, 5.41) is 3.95. The summed E-state index contributed by atoms with van der Waals surface area (Å²) in [4.78, 5) is 0. The van der Waals surface area contributed by atoms with Crippen molar-refractivity contribution < 1.29 is 14.2 Å². The van der Waals surface area contributed by atoms with E-state index in [1.54, 1.807) is 14.2 Å². The number of methoxy groups -OCH3 is 2. The van der Waals surface area contributed by atoms with E-state index in [9.17, 15) is 0 Å². The SMILES string of the molecule is COCCCCOc1c(Cl)cccc1CNCCOC. The summed E-state index contributed by atoms with van der Waals surface area (Å²) in [6.45, 7) is 3.62. The lowest BCUT2D eigenvalue weighted by molar-refractivity contribution is 0.184. The molecule has 0 amide bonds. The minimum atomic E-state index is 0.651. The molecular formula is C15H24ClNO3. The summed E-state index contributed by atoms with van der Waals surface area (Å²) < 4.78 is 15.8. The second-order valence-corrected chi connectivity index (χ2v) is 4.85. The molecule has 5 heteroatoms. The zero-order chi connectivity index (χ0) is 14.6. The molecule has 0 aromatic heterocycles. The number of ether oxygens (including phenoxy) is 3. The van der Waals surface area contributed by atoms with Crippen molar-refractivity contribution in [2.45, 2.75) is 19.4 Å². The molecule has 1 aromatic carbocycles. The number of hydrogen-bond donors (Lipinski definition) is 1. The van der Waals surface area contributed by atoms with Gasteiger partial charge >= 0.3 is 0 Å². The van der Waals surface area contributed by atoms with Gasteiger partial charge in [-0.2, -0.15) is 0 Å². The van der Waals surface area contributed by atoms with Gasteiger partial charge in [-0.05, 0) is 18.9 Å². The van der Waals surface area contributed by atoms with Gasteiger partial charge in [-0.15, -0.1) is 0 Å². The number of hydrogen-bond acceptors (Lipinski definition) is 4. The van der Waals surface area contributed by atoms with E-state index in [0.717, 1.165) is 43.9 Å². The Bertz CT molecular complexity index is 374. The molecule has 0 heterocycles. The summed E-state index contributed by atoms with van der Waals surface area (Å²) in [6.07, 6.45) is 1.94. The van der Waals surface area contributed by atoms with Crippen molar-refractivity contribution in [1.82, 2.24) is 5.32 Å². The van der Waals surface area contributed by atoms with E-state index in [1.165, 1.54) is 0 Å². The number of para-hydroxylation sites is 1. The molecule has 114 valence electrons. The van der Waals surface area contributed by atoms with E-state index >= 15 is 0 Å². The Balaban J connectivity index is 2.45. The van der Waals surface area contributed by atoms with Crippen LogP contribution in [0.4, 0.5) is 0 Å². The largest absolute Gasteiger partial charge is 0.492 e. The number of nitrogens with one attached hydrogen (secondary N) is 1. The van der Waals surface area contributed by atoms with Gasteiger partial charge in [0, 0.05) is 39.5 Å². The van der Waals surface area contributed by atoms with Crippen LogP contribution in [0.25, 0.3) is 0 Å². The lowest BCUT2D eigenvalue weighted by Gasteiger charge is -2.13. The van der Waals surface area contributed by atoms with Crippen molar-refractivity contribution in [1.29, 1.82) is 0 Å². The fourth-order valence-electron chi connectivity index (χ4n) is 1.77. The molecule has 0 radical (unpaired) electrons. The zero-order valence-electron chi connectivity index (χ0n) is 12.3. The summed E-state index contributed by atoms with van der Waals surface area (Å²) in [5.41, 5.74) is 1.07. The second-order valence-electron chi connectivity index (χ2n) is 4.45. The van der Waals surface area contributed by atoms with Crippen LogP contribution in [-0.4, -0.2) is 40.6 Å². The Morgan fingerprint density at radius 1 is 1.05 bits per heavy atom. The summed E-state index contributed by atoms with van der Waals surface area (Å²) in [5.74, 6) is 0.775. The molecule has 1 N–H and O–H groups in total.